The second kappa shape index (κ2) is 8.33. The first kappa shape index (κ1) is 21.6. The van der Waals surface area contributed by atoms with Gasteiger partial charge in [-0.3, -0.25) is 4.72 Å². The molecule has 0 aliphatic carbocycles. The zero-order valence-electron chi connectivity index (χ0n) is 16.7. The van der Waals surface area contributed by atoms with Crippen molar-refractivity contribution in [2.45, 2.75) is 25.7 Å². The lowest BCUT2D eigenvalue weighted by molar-refractivity contribution is 0.601. The summed E-state index contributed by atoms with van der Waals surface area (Å²) in [5.41, 5.74) is 4.83. The molecule has 2 aromatic heterocycles. The van der Waals surface area contributed by atoms with Gasteiger partial charge in [-0.15, -0.1) is 12.4 Å². The molecule has 0 fully saturated rings. The maximum atomic E-state index is 12.6. The van der Waals surface area contributed by atoms with Gasteiger partial charge in [-0.05, 0) is 57.2 Å². The Balaban J connectivity index is 0.00000256. The van der Waals surface area contributed by atoms with E-state index >= 15 is 0 Å². The van der Waals surface area contributed by atoms with Crippen LogP contribution in [0.3, 0.4) is 0 Å². The smallest absolute Gasteiger partial charge is 0.261 e. The Morgan fingerprint density at radius 2 is 1.47 bits per heavy atom. The summed E-state index contributed by atoms with van der Waals surface area (Å²) in [6.07, 6.45) is 0. The van der Waals surface area contributed by atoms with Crippen molar-refractivity contribution in [3.05, 3.63) is 77.6 Å². The van der Waals surface area contributed by atoms with Crippen molar-refractivity contribution in [3.63, 3.8) is 0 Å². The van der Waals surface area contributed by atoms with Gasteiger partial charge in [0.2, 0.25) is 0 Å². The zero-order valence-corrected chi connectivity index (χ0v) is 18.4. The van der Waals surface area contributed by atoms with Crippen LogP contribution in [0.15, 0.2) is 65.6 Å². The molecule has 156 valence electrons. The molecule has 30 heavy (non-hydrogen) atoms. The molecule has 4 aromatic rings. The van der Waals surface area contributed by atoms with Crippen molar-refractivity contribution in [1.29, 1.82) is 0 Å². The van der Waals surface area contributed by atoms with Crippen LogP contribution in [0.5, 0.6) is 0 Å². The summed E-state index contributed by atoms with van der Waals surface area (Å²) in [7, 11) is -3.66. The Morgan fingerprint density at radius 3 is 2.13 bits per heavy atom. The second-order valence-corrected chi connectivity index (χ2v) is 8.64. The standard InChI is InChI=1S/C21H21N5O2S.ClH/c1-14-4-6-18(7-5-14)25-29(27,28)19-10-8-17(9-11-19)23-21-12-15(2)22-20-13-16(3)24-26(20)21;/h4-13,23,25H,1-3H3;1H. The summed E-state index contributed by atoms with van der Waals surface area (Å²) in [6.45, 7) is 5.78. The van der Waals surface area contributed by atoms with E-state index in [1.54, 1.807) is 40.9 Å². The highest BCUT2D eigenvalue weighted by molar-refractivity contribution is 7.92. The lowest BCUT2D eigenvalue weighted by Crippen LogP contribution is -2.12. The molecule has 0 unspecified atom stereocenters. The number of sulfonamides is 1. The number of halogens is 1. The van der Waals surface area contributed by atoms with E-state index in [9.17, 15) is 8.42 Å². The third-order valence-electron chi connectivity index (χ3n) is 4.42. The average molecular weight is 444 g/mol. The first-order chi connectivity index (χ1) is 13.8. The molecular formula is C21H22ClN5O2S. The molecule has 2 aromatic carbocycles. The Hall–Kier alpha value is -3.10. The first-order valence-electron chi connectivity index (χ1n) is 9.11. The minimum absolute atomic E-state index is 0. The summed E-state index contributed by atoms with van der Waals surface area (Å²) < 4.78 is 29.6. The fourth-order valence-corrected chi connectivity index (χ4v) is 4.06. The summed E-state index contributed by atoms with van der Waals surface area (Å²) >= 11 is 0. The Kier molecular flexibility index (Phi) is 6.00. The van der Waals surface area contributed by atoms with Gasteiger partial charge in [-0.1, -0.05) is 17.7 Å². The average Bonchev–Trinajstić information content (AvgIpc) is 3.04. The molecule has 7 nitrogen and oxygen atoms in total. The second-order valence-electron chi connectivity index (χ2n) is 6.96. The van der Waals surface area contributed by atoms with Crippen molar-refractivity contribution in [2.75, 3.05) is 10.0 Å². The van der Waals surface area contributed by atoms with Crippen molar-refractivity contribution >= 4 is 45.3 Å². The van der Waals surface area contributed by atoms with Gasteiger partial charge in [-0.25, -0.2) is 13.4 Å². The molecule has 2 heterocycles. The highest BCUT2D eigenvalue weighted by atomic mass is 35.5. The molecule has 0 aliphatic rings. The monoisotopic (exact) mass is 443 g/mol. The van der Waals surface area contributed by atoms with Crippen LogP contribution in [0, 0.1) is 20.8 Å². The van der Waals surface area contributed by atoms with Crippen molar-refractivity contribution in [1.82, 2.24) is 14.6 Å². The van der Waals surface area contributed by atoms with Gasteiger partial charge in [0, 0.05) is 29.2 Å². The number of nitrogens with one attached hydrogen (secondary N) is 2. The van der Waals surface area contributed by atoms with Gasteiger partial charge in [-0.2, -0.15) is 9.61 Å². The predicted molar refractivity (Wildman–Crippen MR) is 121 cm³/mol. The number of benzene rings is 2. The topological polar surface area (TPSA) is 88.4 Å². The van der Waals surface area contributed by atoms with Gasteiger partial charge < -0.3 is 5.32 Å². The molecule has 0 aliphatic heterocycles. The first-order valence-corrected chi connectivity index (χ1v) is 10.6. The van der Waals surface area contributed by atoms with Crippen LogP contribution < -0.4 is 10.0 Å². The molecule has 9 heteroatoms. The number of aryl methyl sites for hydroxylation is 3. The van der Waals surface area contributed by atoms with Gasteiger partial charge in [0.05, 0.1) is 10.6 Å². The van der Waals surface area contributed by atoms with E-state index < -0.39 is 10.0 Å². The molecule has 0 radical (unpaired) electrons. The minimum atomic E-state index is -3.66. The van der Waals surface area contributed by atoms with E-state index in [0.717, 1.165) is 34.1 Å². The molecule has 0 saturated carbocycles. The normalized spacial score (nSPS) is 11.2. The third-order valence-corrected chi connectivity index (χ3v) is 5.82. The van der Waals surface area contributed by atoms with Crippen LogP contribution in [0.1, 0.15) is 17.0 Å². The molecule has 0 saturated heterocycles. The maximum Gasteiger partial charge on any atom is 0.261 e. The van der Waals surface area contributed by atoms with E-state index in [4.69, 9.17) is 0 Å². The fourth-order valence-electron chi connectivity index (χ4n) is 3.00. The van der Waals surface area contributed by atoms with Crippen molar-refractivity contribution in [2.24, 2.45) is 0 Å². The third kappa shape index (κ3) is 4.55. The highest BCUT2D eigenvalue weighted by Crippen LogP contribution is 2.22. The van der Waals surface area contributed by atoms with E-state index in [2.05, 4.69) is 20.1 Å². The summed E-state index contributed by atoms with van der Waals surface area (Å²) in [5, 5.41) is 7.73. The van der Waals surface area contributed by atoms with Gasteiger partial charge in [0.15, 0.2) is 5.65 Å². The maximum absolute atomic E-state index is 12.6. The van der Waals surface area contributed by atoms with Crippen LogP contribution >= 0.6 is 12.4 Å². The zero-order chi connectivity index (χ0) is 20.6. The van der Waals surface area contributed by atoms with Crippen LogP contribution in [-0.4, -0.2) is 23.0 Å². The number of aromatic nitrogens is 3. The Labute approximate surface area is 181 Å². The quantitative estimate of drug-likeness (QED) is 0.469. The van der Waals surface area contributed by atoms with Crippen LogP contribution in [0.2, 0.25) is 0 Å². The number of hydrogen-bond donors (Lipinski definition) is 2. The summed E-state index contributed by atoms with van der Waals surface area (Å²) in [4.78, 5) is 4.65. The number of fused-ring (bicyclic) bond motifs is 1. The van der Waals surface area contributed by atoms with Crippen molar-refractivity contribution < 1.29 is 8.42 Å². The lowest BCUT2D eigenvalue weighted by atomic mass is 10.2. The van der Waals surface area contributed by atoms with E-state index in [-0.39, 0.29) is 17.3 Å². The SMILES string of the molecule is Cc1ccc(NS(=O)(=O)c2ccc(Nc3cc(C)nc4cc(C)nn34)cc2)cc1.Cl. The van der Waals surface area contributed by atoms with E-state index in [1.165, 1.54) is 0 Å². The van der Waals surface area contributed by atoms with Gasteiger partial charge in [0.25, 0.3) is 10.0 Å². The van der Waals surface area contributed by atoms with Gasteiger partial charge in [0.1, 0.15) is 5.82 Å². The molecular weight excluding hydrogens is 422 g/mol. The number of nitrogens with zero attached hydrogens (tertiary/aromatic N) is 3. The van der Waals surface area contributed by atoms with Crippen LogP contribution in [0.25, 0.3) is 5.65 Å². The van der Waals surface area contributed by atoms with Crippen molar-refractivity contribution in [3.8, 4) is 0 Å². The lowest BCUT2D eigenvalue weighted by Gasteiger charge is -2.11. The van der Waals surface area contributed by atoms with Crippen LogP contribution in [-0.2, 0) is 10.0 Å². The summed E-state index contributed by atoms with van der Waals surface area (Å²) in [5.74, 6) is 0.758. The van der Waals surface area contributed by atoms with E-state index in [1.807, 2.05) is 45.0 Å². The number of anilines is 3. The predicted octanol–water partition coefficient (Wildman–Crippen LogP) is 4.62. The van der Waals surface area contributed by atoms with E-state index in [0.29, 0.717) is 5.69 Å². The largest absolute Gasteiger partial charge is 0.340 e. The Bertz CT molecular complexity index is 1280. The molecule has 2 N–H and O–H groups in total. The molecule has 4 rings (SSSR count). The van der Waals surface area contributed by atoms with Crippen LogP contribution in [0.4, 0.5) is 17.2 Å². The minimum Gasteiger partial charge on any atom is -0.340 e. The number of rotatable bonds is 5. The fraction of sp³-hybridized carbons (Fsp3) is 0.143. The molecule has 0 bridgehead atoms. The number of hydrogen-bond acceptors (Lipinski definition) is 5. The highest BCUT2D eigenvalue weighted by Gasteiger charge is 2.14. The Morgan fingerprint density at radius 1 is 0.833 bits per heavy atom. The van der Waals surface area contributed by atoms with Gasteiger partial charge >= 0.3 is 0 Å². The molecule has 0 spiro atoms. The molecule has 0 atom stereocenters. The molecule has 0 amide bonds. The summed E-state index contributed by atoms with van der Waals surface area (Å²) in [6, 6.07) is 17.6.